The van der Waals surface area contributed by atoms with Crippen molar-refractivity contribution in [3.63, 3.8) is 0 Å². The zero-order chi connectivity index (χ0) is 19.4. The normalized spacial score (nSPS) is 10.7. The van der Waals surface area contributed by atoms with Crippen molar-refractivity contribution in [2.24, 2.45) is 0 Å². The fourth-order valence-electron chi connectivity index (χ4n) is 2.92. The minimum absolute atomic E-state index is 0.253. The molecule has 5 heteroatoms. The van der Waals surface area contributed by atoms with Crippen molar-refractivity contribution in [3.05, 3.63) is 88.4 Å². The van der Waals surface area contributed by atoms with E-state index in [-0.39, 0.29) is 17.0 Å². The lowest BCUT2D eigenvalue weighted by atomic mass is 10.1. The molecule has 0 aliphatic carbocycles. The minimum Gasteiger partial charge on any atom is -0.339 e. The predicted molar refractivity (Wildman–Crippen MR) is 115 cm³/mol. The van der Waals surface area contributed by atoms with Crippen molar-refractivity contribution in [1.82, 2.24) is 0 Å². The van der Waals surface area contributed by atoms with Gasteiger partial charge < -0.3 is 10.2 Å². The maximum atomic E-state index is 12.5. The first kappa shape index (κ1) is 19.3. The molecule has 3 rings (SSSR count). The number of carbonyl (C=O) groups excluding carboxylic acids is 1. The molecule has 0 aliphatic heterocycles. The number of nitrogens with one attached hydrogen (secondary N) is 1. The highest BCUT2D eigenvalue weighted by atomic mass is 35.5. The Kier molecular flexibility index (Phi) is 6.04. The van der Waals surface area contributed by atoms with Gasteiger partial charge in [0.2, 0.25) is 0 Å². The van der Waals surface area contributed by atoms with E-state index in [1.807, 2.05) is 42.5 Å². The van der Waals surface area contributed by atoms with E-state index in [0.29, 0.717) is 16.3 Å². The minimum atomic E-state index is -0.293. The summed E-state index contributed by atoms with van der Waals surface area (Å²) < 4.78 is 0. The summed E-state index contributed by atoms with van der Waals surface area (Å²) >= 11 is 12.1. The lowest BCUT2D eigenvalue weighted by molar-refractivity contribution is 0.102. The van der Waals surface area contributed by atoms with Crippen LogP contribution in [0, 0.1) is 0 Å². The molecule has 0 radical (unpaired) electrons. The van der Waals surface area contributed by atoms with Crippen molar-refractivity contribution in [1.29, 1.82) is 0 Å². The van der Waals surface area contributed by atoms with Gasteiger partial charge in [-0.05, 0) is 62.4 Å². The Bertz CT molecular complexity index is 925. The topological polar surface area (TPSA) is 32.3 Å². The number of benzene rings is 3. The fourth-order valence-corrected chi connectivity index (χ4v) is 3.30. The molecule has 0 aliphatic rings. The summed E-state index contributed by atoms with van der Waals surface area (Å²) in [7, 11) is 0. The van der Waals surface area contributed by atoms with Gasteiger partial charge in [0.25, 0.3) is 5.91 Å². The van der Waals surface area contributed by atoms with Crippen LogP contribution in [0.4, 0.5) is 17.1 Å². The van der Waals surface area contributed by atoms with Crippen molar-refractivity contribution >= 4 is 46.2 Å². The summed E-state index contributed by atoms with van der Waals surface area (Å²) in [6, 6.07) is 23.2. The van der Waals surface area contributed by atoms with Gasteiger partial charge in [0.1, 0.15) is 0 Å². The van der Waals surface area contributed by atoms with Crippen LogP contribution in [-0.2, 0) is 0 Å². The summed E-state index contributed by atoms with van der Waals surface area (Å²) in [5.74, 6) is -0.293. The molecule has 1 N–H and O–H groups in total. The van der Waals surface area contributed by atoms with Gasteiger partial charge in [-0.25, -0.2) is 0 Å². The van der Waals surface area contributed by atoms with Crippen molar-refractivity contribution in [3.8, 4) is 0 Å². The molecule has 3 nitrogen and oxygen atoms in total. The molecular formula is C22H20Cl2N2O. The third-order valence-electron chi connectivity index (χ3n) is 4.15. The maximum Gasteiger partial charge on any atom is 0.257 e. The average Bonchev–Trinajstić information content (AvgIpc) is 2.66. The van der Waals surface area contributed by atoms with Crippen LogP contribution in [0.25, 0.3) is 0 Å². The van der Waals surface area contributed by atoms with Crippen molar-refractivity contribution in [2.45, 2.75) is 19.9 Å². The molecule has 1 amide bonds. The van der Waals surface area contributed by atoms with Crippen LogP contribution < -0.4 is 10.2 Å². The van der Waals surface area contributed by atoms with Gasteiger partial charge in [0, 0.05) is 23.1 Å². The zero-order valence-corrected chi connectivity index (χ0v) is 16.6. The van der Waals surface area contributed by atoms with Gasteiger partial charge in [-0.3, -0.25) is 4.79 Å². The van der Waals surface area contributed by atoms with Crippen LogP contribution in [0.5, 0.6) is 0 Å². The van der Waals surface area contributed by atoms with E-state index in [9.17, 15) is 4.79 Å². The second kappa shape index (κ2) is 8.47. The third-order valence-corrected chi connectivity index (χ3v) is 4.97. The smallest absolute Gasteiger partial charge is 0.257 e. The summed E-state index contributed by atoms with van der Waals surface area (Å²) in [5.41, 5.74) is 3.21. The van der Waals surface area contributed by atoms with Crippen LogP contribution in [0.15, 0.2) is 72.8 Å². The van der Waals surface area contributed by atoms with E-state index in [4.69, 9.17) is 23.2 Å². The van der Waals surface area contributed by atoms with E-state index in [0.717, 1.165) is 11.4 Å². The van der Waals surface area contributed by atoms with Gasteiger partial charge in [-0.15, -0.1) is 0 Å². The Labute approximate surface area is 169 Å². The molecule has 0 bridgehead atoms. The fraction of sp³-hybridized carbons (Fsp3) is 0.136. The third kappa shape index (κ3) is 4.44. The molecule has 0 saturated carbocycles. The molecule has 0 saturated heterocycles. The summed E-state index contributed by atoms with van der Waals surface area (Å²) in [6.45, 7) is 4.29. The first-order valence-corrected chi connectivity index (χ1v) is 9.42. The van der Waals surface area contributed by atoms with E-state index in [1.165, 1.54) is 0 Å². The van der Waals surface area contributed by atoms with E-state index in [2.05, 4.69) is 36.2 Å². The second-order valence-electron chi connectivity index (χ2n) is 6.40. The van der Waals surface area contributed by atoms with Crippen LogP contribution in [0.3, 0.4) is 0 Å². The van der Waals surface area contributed by atoms with Gasteiger partial charge in [0.15, 0.2) is 0 Å². The van der Waals surface area contributed by atoms with Crippen LogP contribution in [-0.4, -0.2) is 11.9 Å². The van der Waals surface area contributed by atoms with E-state index < -0.39 is 0 Å². The largest absolute Gasteiger partial charge is 0.339 e. The van der Waals surface area contributed by atoms with Crippen LogP contribution in [0.1, 0.15) is 24.2 Å². The standard InChI is InChI=1S/C22H20Cl2N2O/c1-15(2)26(17-7-4-3-5-8-17)18-13-11-16(12-14-18)25-22(27)19-9-6-10-20(23)21(19)24/h3-15H,1-2H3,(H,25,27). The number of rotatable bonds is 5. The molecule has 0 unspecified atom stereocenters. The number of hydrogen-bond donors (Lipinski definition) is 1. The lowest BCUT2D eigenvalue weighted by Gasteiger charge is -2.29. The highest BCUT2D eigenvalue weighted by Gasteiger charge is 2.15. The second-order valence-corrected chi connectivity index (χ2v) is 7.19. The Morgan fingerprint density at radius 2 is 1.48 bits per heavy atom. The molecule has 0 atom stereocenters. The van der Waals surface area contributed by atoms with Gasteiger partial charge in [0.05, 0.1) is 15.6 Å². The quantitative estimate of drug-likeness (QED) is 0.512. The number of amides is 1. The molecule has 0 fully saturated rings. The first-order valence-electron chi connectivity index (χ1n) is 8.67. The number of carbonyl (C=O) groups is 1. The summed E-state index contributed by atoms with van der Waals surface area (Å²) in [5, 5.41) is 3.47. The molecule has 3 aromatic carbocycles. The molecule has 27 heavy (non-hydrogen) atoms. The molecule has 3 aromatic rings. The Hall–Kier alpha value is -2.49. The van der Waals surface area contributed by atoms with Gasteiger partial charge in [-0.1, -0.05) is 47.5 Å². The van der Waals surface area contributed by atoms with Crippen molar-refractivity contribution < 1.29 is 4.79 Å². The number of para-hydroxylation sites is 1. The predicted octanol–water partition coefficient (Wildman–Crippen LogP) is 6.79. The average molecular weight is 399 g/mol. The Morgan fingerprint density at radius 1 is 0.852 bits per heavy atom. The Balaban J connectivity index is 1.80. The summed E-state index contributed by atoms with van der Waals surface area (Å²) in [4.78, 5) is 14.7. The van der Waals surface area contributed by atoms with Crippen molar-refractivity contribution in [2.75, 3.05) is 10.2 Å². The highest BCUT2D eigenvalue weighted by Crippen LogP contribution is 2.29. The molecule has 0 heterocycles. The van der Waals surface area contributed by atoms with Gasteiger partial charge >= 0.3 is 0 Å². The van der Waals surface area contributed by atoms with Crippen LogP contribution in [0.2, 0.25) is 10.0 Å². The Morgan fingerprint density at radius 3 is 2.11 bits per heavy atom. The first-order chi connectivity index (χ1) is 13.0. The SMILES string of the molecule is CC(C)N(c1ccccc1)c1ccc(NC(=O)c2cccc(Cl)c2Cl)cc1. The molecule has 0 aromatic heterocycles. The van der Waals surface area contributed by atoms with E-state index in [1.54, 1.807) is 18.2 Å². The number of nitrogens with zero attached hydrogens (tertiary/aromatic N) is 1. The summed E-state index contributed by atoms with van der Waals surface area (Å²) in [6.07, 6.45) is 0. The van der Waals surface area contributed by atoms with E-state index >= 15 is 0 Å². The zero-order valence-electron chi connectivity index (χ0n) is 15.1. The number of anilines is 3. The van der Waals surface area contributed by atoms with Crippen LogP contribution >= 0.6 is 23.2 Å². The monoisotopic (exact) mass is 398 g/mol. The lowest BCUT2D eigenvalue weighted by Crippen LogP contribution is -2.25. The number of hydrogen-bond acceptors (Lipinski definition) is 2. The highest BCUT2D eigenvalue weighted by molar-refractivity contribution is 6.44. The maximum absolute atomic E-state index is 12.5. The molecular weight excluding hydrogens is 379 g/mol. The number of halogens is 2. The van der Waals surface area contributed by atoms with Gasteiger partial charge in [-0.2, -0.15) is 0 Å². The molecule has 138 valence electrons. The molecule has 0 spiro atoms.